The highest BCUT2D eigenvalue weighted by molar-refractivity contribution is 6.30. The van der Waals surface area contributed by atoms with Crippen molar-refractivity contribution >= 4 is 23.4 Å². The van der Waals surface area contributed by atoms with Crippen LogP contribution in [0.5, 0.6) is 5.75 Å². The highest BCUT2D eigenvalue weighted by atomic mass is 35.5. The number of rotatable bonds is 7. The molecule has 2 N–H and O–H groups in total. The molecule has 2 aromatic carbocycles. The zero-order chi connectivity index (χ0) is 18.9. The fourth-order valence-electron chi connectivity index (χ4n) is 2.12. The van der Waals surface area contributed by atoms with Gasteiger partial charge in [-0.05, 0) is 50.4 Å². The normalized spacial score (nSPS) is 11.7. The van der Waals surface area contributed by atoms with Crippen LogP contribution in [0.1, 0.15) is 17.3 Å². The van der Waals surface area contributed by atoms with Crippen molar-refractivity contribution in [3.05, 3.63) is 65.2 Å². The minimum absolute atomic E-state index is 0.303. The molecule has 2 aromatic rings. The number of nitrogens with one attached hydrogen (secondary N) is 2. The molecule has 1 atom stereocenters. The van der Waals surface area contributed by atoms with E-state index in [-0.39, 0.29) is 11.8 Å². The number of amides is 2. The van der Waals surface area contributed by atoms with Crippen LogP contribution in [0, 0.1) is 0 Å². The van der Waals surface area contributed by atoms with E-state index in [0.29, 0.717) is 23.7 Å². The third-order valence-corrected chi connectivity index (χ3v) is 4.15. The van der Waals surface area contributed by atoms with Crippen molar-refractivity contribution in [2.24, 2.45) is 0 Å². The van der Waals surface area contributed by atoms with Crippen LogP contribution in [0.3, 0.4) is 0 Å². The summed E-state index contributed by atoms with van der Waals surface area (Å²) in [5, 5.41) is 0.650. The zero-order valence-corrected chi connectivity index (χ0v) is 15.5. The second-order valence-electron chi connectivity index (χ2n) is 5.77. The molecular formula is C19H22ClN3O3. The van der Waals surface area contributed by atoms with Gasteiger partial charge in [0.25, 0.3) is 11.8 Å². The molecule has 0 saturated carbocycles. The standard InChI is InChI=1S/C19H22ClN3O3/c1-14(18(24)21-22-19(25)15-6-4-3-5-7-15)23(2)12-13-26-17-10-8-16(20)9-11-17/h3-11,14H,12-13H2,1-2H3,(H,21,24)(H,22,25)/t14-/m0/s1. The number of hydrogen-bond acceptors (Lipinski definition) is 4. The Balaban J connectivity index is 1.72. The Labute approximate surface area is 158 Å². The second-order valence-corrected chi connectivity index (χ2v) is 6.20. The maximum absolute atomic E-state index is 12.2. The minimum Gasteiger partial charge on any atom is -0.492 e. The van der Waals surface area contributed by atoms with E-state index in [1.807, 2.05) is 18.0 Å². The predicted molar refractivity (Wildman–Crippen MR) is 101 cm³/mol. The van der Waals surface area contributed by atoms with Crippen LogP contribution in [-0.2, 0) is 4.79 Å². The molecule has 0 fully saturated rings. The van der Waals surface area contributed by atoms with Gasteiger partial charge in [0.15, 0.2) is 0 Å². The number of carbonyl (C=O) groups is 2. The fraction of sp³-hybridized carbons (Fsp3) is 0.263. The summed E-state index contributed by atoms with van der Waals surface area (Å²) in [6.07, 6.45) is 0. The van der Waals surface area contributed by atoms with Gasteiger partial charge in [-0.2, -0.15) is 0 Å². The number of nitrogens with zero attached hydrogens (tertiary/aromatic N) is 1. The summed E-state index contributed by atoms with van der Waals surface area (Å²) >= 11 is 5.83. The van der Waals surface area contributed by atoms with Crippen molar-refractivity contribution in [1.29, 1.82) is 0 Å². The molecule has 26 heavy (non-hydrogen) atoms. The van der Waals surface area contributed by atoms with E-state index in [4.69, 9.17) is 16.3 Å². The number of halogens is 1. The van der Waals surface area contributed by atoms with Crippen LogP contribution in [0.4, 0.5) is 0 Å². The molecule has 0 radical (unpaired) electrons. The average molecular weight is 376 g/mol. The van der Waals surface area contributed by atoms with Crippen LogP contribution >= 0.6 is 11.6 Å². The van der Waals surface area contributed by atoms with Gasteiger partial charge in [0.1, 0.15) is 12.4 Å². The van der Waals surface area contributed by atoms with E-state index >= 15 is 0 Å². The number of benzene rings is 2. The van der Waals surface area contributed by atoms with Crippen molar-refractivity contribution < 1.29 is 14.3 Å². The molecule has 7 heteroatoms. The third-order valence-electron chi connectivity index (χ3n) is 3.90. The Morgan fingerprint density at radius 2 is 1.73 bits per heavy atom. The molecule has 0 saturated heterocycles. The van der Waals surface area contributed by atoms with Crippen molar-refractivity contribution in [3.63, 3.8) is 0 Å². The van der Waals surface area contributed by atoms with Gasteiger partial charge in [0.2, 0.25) is 0 Å². The molecule has 138 valence electrons. The van der Waals surface area contributed by atoms with Gasteiger partial charge in [0.05, 0.1) is 6.04 Å². The molecule has 0 unspecified atom stereocenters. The first-order valence-corrected chi connectivity index (χ1v) is 8.59. The largest absolute Gasteiger partial charge is 0.492 e. The third kappa shape index (κ3) is 6.06. The molecule has 2 amide bonds. The van der Waals surface area contributed by atoms with Crippen LogP contribution in [0.15, 0.2) is 54.6 Å². The van der Waals surface area contributed by atoms with Gasteiger partial charge in [-0.3, -0.25) is 25.3 Å². The summed E-state index contributed by atoms with van der Waals surface area (Å²) in [6, 6.07) is 15.3. The van der Waals surface area contributed by atoms with Gasteiger partial charge >= 0.3 is 0 Å². The minimum atomic E-state index is -0.431. The Bertz CT molecular complexity index is 723. The molecule has 0 aliphatic heterocycles. The molecule has 0 aliphatic rings. The van der Waals surface area contributed by atoms with Crippen molar-refractivity contribution in [3.8, 4) is 5.75 Å². The second kappa shape index (κ2) is 9.79. The molecule has 0 spiro atoms. The lowest BCUT2D eigenvalue weighted by Gasteiger charge is -2.23. The summed E-state index contributed by atoms with van der Waals surface area (Å²) in [5.74, 6) is 0.0539. The summed E-state index contributed by atoms with van der Waals surface area (Å²) in [5.41, 5.74) is 5.33. The molecule has 0 bridgehead atoms. The first-order chi connectivity index (χ1) is 12.5. The number of hydrazine groups is 1. The Morgan fingerprint density at radius 3 is 2.38 bits per heavy atom. The smallest absolute Gasteiger partial charge is 0.269 e. The van der Waals surface area contributed by atoms with Gasteiger partial charge in [-0.25, -0.2) is 0 Å². The van der Waals surface area contributed by atoms with Crippen molar-refractivity contribution in [2.45, 2.75) is 13.0 Å². The zero-order valence-electron chi connectivity index (χ0n) is 14.7. The lowest BCUT2D eigenvalue weighted by atomic mass is 10.2. The van der Waals surface area contributed by atoms with Crippen molar-refractivity contribution in [1.82, 2.24) is 15.8 Å². The lowest BCUT2D eigenvalue weighted by Crippen LogP contribution is -2.50. The SMILES string of the molecule is C[C@@H](C(=O)NNC(=O)c1ccccc1)N(C)CCOc1ccc(Cl)cc1. The topological polar surface area (TPSA) is 70.7 Å². The summed E-state index contributed by atoms with van der Waals surface area (Å²) in [4.78, 5) is 25.9. The quantitative estimate of drug-likeness (QED) is 0.729. The lowest BCUT2D eigenvalue weighted by molar-refractivity contribution is -0.126. The number of likely N-dealkylation sites (N-methyl/N-ethyl adjacent to an activating group) is 1. The first-order valence-electron chi connectivity index (χ1n) is 8.21. The van der Waals surface area contributed by atoms with E-state index in [9.17, 15) is 9.59 Å². The maximum Gasteiger partial charge on any atom is 0.269 e. The van der Waals surface area contributed by atoms with Crippen LogP contribution in [-0.4, -0.2) is 43.0 Å². The Hall–Kier alpha value is -2.57. The number of ether oxygens (including phenoxy) is 1. The molecule has 0 aromatic heterocycles. The van der Waals surface area contributed by atoms with E-state index in [1.54, 1.807) is 55.5 Å². The van der Waals surface area contributed by atoms with Crippen LogP contribution in [0.25, 0.3) is 0 Å². The van der Waals surface area contributed by atoms with E-state index < -0.39 is 6.04 Å². The highest BCUT2D eigenvalue weighted by Gasteiger charge is 2.18. The Kier molecular flexibility index (Phi) is 7.44. The molecular weight excluding hydrogens is 354 g/mol. The maximum atomic E-state index is 12.2. The molecule has 0 aliphatic carbocycles. The Morgan fingerprint density at radius 1 is 1.08 bits per heavy atom. The van der Waals surface area contributed by atoms with Crippen LogP contribution in [0.2, 0.25) is 5.02 Å². The van der Waals surface area contributed by atoms with E-state index in [2.05, 4.69) is 10.9 Å². The average Bonchev–Trinajstić information content (AvgIpc) is 2.67. The van der Waals surface area contributed by atoms with Gasteiger partial charge in [-0.1, -0.05) is 29.8 Å². The number of hydrogen-bond donors (Lipinski definition) is 2. The van der Waals surface area contributed by atoms with Gasteiger partial charge in [0, 0.05) is 17.1 Å². The van der Waals surface area contributed by atoms with Crippen LogP contribution < -0.4 is 15.6 Å². The summed E-state index contributed by atoms with van der Waals surface area (Å²) in [7, 11) is 1.81. The number of carbonyl (C=O) groups excluding carboxylic acids is 2. The summed E-state index contributed by atoms with van der Waals surface area (Å²) in [6.45, 7) is 2.72. The highest BCUT2D eigenvalue weighted by Crippen LogP contribution is 2.15. The van der Waals surface area contributed by atoms with Gasteiger partial charge < -0.3 is 4.74 Å². The predicted octanol–water partition coefficient (Wildman–Crippen LogP) is 2.50. The molecule has 0 heterocycles. The van der Waals surface area contributed by atoms with Gasteiger partial charge in [-0.15, -0.1) is 0 Å². The monoisotopic (exact) mass is 375 g/mol. The first kappa shape index (κ1) is 19.8. The molecule has 6 nitrogen and oxygen atoms in total. The van der Waals surface area contributed by atoms with Crippen molar-refractivity contribution in [2.75, 3.05) is 20.2 Å². The van der Waals surface area contributed by atoms with E-state index in [0.717, 1.165) is 5.75 Å². The van der Waals surface area contributed by atoms with E-state index in [1.165, 1.54) is 0 Å². The molecule has 2 rings (SSSR count). The summed E-state index contributed by atoms with van der Waals surface area (Å²) < 4.78 is 5.62. The fourth-order valence-corrected chi connectivity index (χ4v) is 2.24.